The lowest BCUT2D eigenvalue weighted by Gasteiger charge is -2.40. The highest BCUT2D eigenvalue weighted by atomic mass is 16.1. The second kappa shape index (κ2) is 5.12. The molecule has 0 spiro atoms. The summed E-state index contributed by atoms with van der Waals surface area (Å²) in [7, 11) is 0. The molecule has 3 unspecified atom stereocenters. The fourth-order valence-electron chi connectivity index (χ4n) is 4.00. The molecule has 2 rings (SSSR count). The molecule has 3 atom stereocenters. The van der Waals surface area contributed by atoms with Crippen LogP contribution in [0, 0.1) is 23.2 Å². The SMILES string of the molecule is CC1CCCC(C(=O)C2CCCCC2(C)C)C1. The minimum atomic E-state index is 0.260. The molecular formula is C16H28O. The molecule has 0 aromatic heterocycles. The Bertz CT molecular complexity index is 279. The number of Topliss-reactive ketones (excluding diaryl/α,β-unsaturated/α-hetero) is 1. The zero-order valence-corrected chi connectivity index (χ0v) is 11.8. The van der Waals surface area contributed by atoms with Gasteiger partial charge in [-0.1, -0.05) is 46.5 Å². The van der Waals surface area contributed by atoms with Gasteiger partial charge in [-0.25, -0.2) is 0 Å². The first-order chi connectivity index (χ1) is 8.00. The van der Waals surface area contributed by atoms with E-state index in [0.717, 1.165) is 25.2 Å². The number of ketones is 1. The van der Waals surface area contributed by atoms with Gasteiger partial charge < -0.3 is 0 Å². The Labute approximate surface area is 106 Å². The summed E-state index contributed by atoms with van der Waals surface area (Å²) in [6, 6.07) is 0. The van der Waals surface area contributed by atoms with E-state index in [4.69, 9.17) is 0 Å². The summed E-state index contributed by atoms with van der Waals surface area (Å²) in [5.41, 5.74) is 0.260. The highest BCUT2D eigenvalue weighted by Gasteiger charge is 2.40. The smallest absolute Gasteiger partial charge is 0.139 e. The number of hydrogen-bond donors (Lipinski definition) is 0. The van der Waals surface area contributed by atoms with Gasteiger partial charge >= 0.3 is 0 Å². The summed E-state index contributed by atoms with van der Waals surface area (Å²) in [4.78, 5) is 12.7. The number of rotatable bonds is 2. The quantitative estimate of drug-likeness (QED) is 0.685. The molecule has 0 N–H and O–H groups in total. The molecule has 2 aliphatic rings. The molecule has 0 amide bonds. The van der Waals surface area contributed by atoms with Gasteiger partial charge in [-0.2, -0.15) is 0 Å². The highest BCUT2D eigenvalue weighted by Crippen LogP contribution is 2.44. The van der Waals surface area contributed by atoms with Crippen molar-refractivity contribution in [2.45, 2.75) is 72.1 Å². The van der Waals surface area contributed by atoms with Crippen LogP contribution in [0.5, 0.6) is 0 Å². The minimum absolute atomic E-state index is 0.260. The van der Waals surface area contributed by atoms with Crippen molar-refractivity contribution in [1.29, 1.82) is 0 Å². The zero-order valence-electron chi connectivity index (χ0n) is 11.8. The molecule has 0 bridgehead atoms. The zero-order chi connectivity index (χ0) is 12.5. The largest absolute Gasteiger partial charge is 0.299 e. The second-order valence-electron chi connectivity index (χ2n) is 7.16. The van der Waals surface area contributed by atoms with Gasteiger partial charge in [0.05, 0.1) is 0 Å². The average Bonchev–Trinajstić information content (AvgIpc) is 2.27. The van der Waals surface area contributed by atoms with Crippen molar-refractivity contribution in [3.8, 4) is 0 Å². The van der Waals surface area contributed by atoms with Crippen molar-refractivity contribution >= 4 is 5.78 Å². The molecule has 2 aliphatic carbocycles. The summed E-state index contributed by atoms with van der Waals surface area (Å²) in [5, 5.41) is 0. The van der Waals surface area contributed by atoms with Gasteiger partial charge in [0.1, 0.15) is 5.78 Å². The Morgan fingerprint density at radius 1 is 1.06 bits per heavy atom. The molecule has 2 fully saturated rings. The Hall–Kier alpha value is -0.330. The van der Waals surface area contributed by atoms with Crippen LogP contribution in [0.3, 0.4) is 0 Å². The lowest BCUT2D eigenvalue weighted by Crippen LogP contribution is -2.38. The minimum Gasteiger partial charge on any atom is -0.299 e. The highest BCUT2D eigenvalue weighted by molar-refractivity contribution is 5.84. The molecule has 0 radical (unpaired) electrons. The van der Waals surface area contributed by atoms with Crippen molar-refractivity contribution in [2.75, 3.05) is 0 Å². The first-order valence-electron chi connectivity index (χ1n) is 7.54. The van der Waals surface area contributed by atoms with E-state index in [1.807, 2.05) is 0 Å². The van der Waals surface area contributed by atoms with Gasteiger partial charge in [0.2, 0.25) is 0 Å². The van der Waals surface area contributed by atoms with Crippen LogP contribution in [0.2, 0.25) is 0 Å². The Morgan fingerprint density at radius 2 is 1.82 bits per heavy atom. The summed E-state index contributed by atoms with van der Waals surface area (Å²) in [6.07, 6.45) is 9.89. The topological polar surface area (TPSA) is 17.1 Å². The van der Waals surface area contributed by atoms with Crippen LogP contribution < -0.4 is 0 Å². The van der Waals surface area contributed by atoms with E-state index in [1.165, 1.54) is 32.1 Å². The van der Waals surface area contributed by atoms with Crippen LogP contribution >= 0.6 is 0 Å². The van der Waals surface area contributed by atoms with E-state index in [9.17, 15) is 4.79 Å². The summed E-state index contributed by atoms with van der Waals surface area (Å²) < 4.78 is 0. The van der Waals surface area contributed by atoms with Crippen molar-refractivity contribution in [3.05, 3.63) is 0 Å². The molecule has 17 heavy (non-hydrogen) atoms. The van der Waals surface area contributed by atoms with Crippen molar-refractivity contribution < 1.29 is 4.79 Å². The van der Waals surface area contributed by atoms with Gasteiger partial charge in [0.15, 0.2) is 0 Å². The fraction of sp³-hybridized carbons (Fsp3) is 0.938. The third kappa shape index (κ3) is 2.92. The molecule has 0 aromatic rings. The molecule has 2 saturated carbocycles. The third-order valence-corrected chi connectivity index (χ3v) is 5.19. The van der Waals surface area contributed by atoms with E-state index in [0.29, 0.717) is 17.6 Å². The first kappa shape index (κ1) is 13.1. The summed E-state index contributed by atoms with van der Waals surface area (Å²) in [6.45, 7) is 6.92. The first-order valence-corrected chi connectivity index (χ1v) is 7.54. The number of hydrogen-bond acceptors (Lipinski definition) is 1. The monoisotopic (exact) mass is 236 g/mol. The van der Waals surface area contributed by atoms with Crippen molar-refractivity contribution in [2.24, 2.45) is 23.2 Å². The maximum absolute atomic E-state index is 12.7. The van der Waals surface area contributed by atoms with Crippen LogP contribution in [0.25, 0.3) is 0 Å². The predicted molar refractivity (Wildman–Crippen MR) is 71.9 cm³/mol. The number of carbonyl (C=O) groups is 1. The molecule has 0 aliphatic heterocycles. The predicted octanol–water partition coefficient (Wildman–Crippen LogP) is 4.60. The lowest BCUT2D eigenvalue weighted by atomic mass is 9.63. The molecule has 1 nitrogen and oxygen atoms in total. The van der Waals surface area contributed by atoms with Crippen LogP contribution in [-0.2, 0) is 4.79 Å². The van der Waals surface area contributed by atoms with Crippen molar-refractivity contribution in [1.82, 2.24) is 0 Å². The average molecular weight is 236 g/mol. The van der Waals surface area contributed by atoms with E-state index in [-0.39, 0.29) is 5.41 Å². The Balaban J connectivity index is 2.02. The molecule has 0 aromatic carbocycles. The Morgan fingerprint density at radius 3 is 2.47 bits per heavy atom. The van der Waals surface area contributed by atoms with Crippen LogP contribution in [-0.4, -0.2) is 5.78 Å². The second-order valence-corrected chi connectivity index (χ2v) is 7.16. The van der Waals surface area contributed by atoms with Crippen molar-refractivity contribution in [3.63, 3.8) is 0 Å². The van der Waals surface area contributed by atoms with Gasteiger partial charge in [0.25, 0.3) is 0 Å². The van der Waals surface area contributed by atoms with Gasteiger partial charge in [-0.05, 0) is 37.0 Å². The molecule has 1 heteroatoms. The van der Waals surface area contributed by atoms with E-state index in [1.54, 1.807) is 0 Å². The number of carbonyl (C=O) groups excluding carboxylic acids is 1. The van der Waals surface area contributed by atoms with Gasteiger partial charge in [-0.3, -0.25) is 4.79 Å². The van der Waals surface area contributed by atoms with Gasteiger partial charge in [-0.15, -0.1) is 0 Å². The van der Waals surface area contributed by atoms with Gasteiger partial charge in [0, 0.05) is 11.8 Å². The molecule has 0 heterocycles. The standard InChI is InChI=1S/C16H28O/c1-12-7-6-8-13(11-12)15(17)14-9-4-5-10-16(14,2)3/h12-14H,4-11H2,1-3H3. The molecular weight excluding hydrogens is 208 g/mol. The fourth-order valence-corrected chi connectivity index (χ4v) is 4.00. The third-order valence-electron chi connectivity index (χ3n) is 5.19. The van der Waals surface area contributed by atoms with Crippen LogP contribution in [0.1, 0.15) is 72.1 Å². The Kier molecular flexibility index (Phi) is 3.95. The van der Waals surface area contributed by atoms with E-state index < -0.39 is 0 Å². The van der Waals surface area contributed by atoms with Crippen LogP contribution in [0.4, 0.5) is 0 Å². The van der Waals surface area contributed by atoms with Crippen LogP contribution in [0.15, 0.2) is 0 Å². The normalized spacial score (nSPS) is 37.7. The summed E-state index contributed by atoms with van der Waals surface area (Å²) >= 11 is 0. The molecule has 98 valence electrons. The maximum Gasteiger partial charge on any atom is 0.139 e. The molecule has 0 saturated heterocycles. The summed E-state index contributed by atoms with van der Waals surface area (Å²) in [5.74, 6) is 2.12. The lowest BCUT2D eigenvalue weighted by molar-refractivity contribution is -0.133. The van der Waals surface area contributed by atoms with E-state index >= 15 is 0 Å². The van der Waals surface area contributed by atoms with E-state index in [2.05, 4.69) is 20.8 Å². The maximum atomic E-state index is 12.7.